The van der Waals surface area contributed by atoms with Gasteiger partial charge in [0.15, 0.2) is 0 Å². The first-order chi connectivity index (χ1) is 18.3. The minimum Gasteiger partial charge on any atom is -0.487 e. The van der Waals surface area contributed by atoms with E-state index < -0.39 is 5.60 Å². The normalized spacial score (nSPS) is 18.8. The molecule has 0 radical (unpaired) electrons. The summed E-state index contributed by atoms with van der Waals surface area (Å²) >= 11 is 6.08. The van der Waals surface area contributed by atoms with Crippen molar-refractivity contribution in [2.45, 2.75) is 58.4 Å². The zero-order valence-electron chi connectivity index (χ0n) is 22.7. The summed E-state index contributed by atoms with van der Waals surface area (Å²) in [5.74, 6) is 0.837. The number of fused-ring (bicyclic) bond motifs is 2. The van der Waals surface area contributed by atoms with E-state index in [0.29, 0.717) is 12.6 Å². The lowest BCUT2D eigenvalue weighted by molar-refractivity contribution is 0.0785. The SMILES string of the molecule is CCN(Cc1ccc(Cl)cc1)[C@@H]1CCN(CC/C=C2/c3cc(C(C)(C)O)ccc3OCc3ncccc32)C1. The second-order valence-corrected chi connectivity index (χ2v) is 11.3. The summed E-state index contributed by atoms with van der Waals surface area (Å²) in [5.41, 5.74) is 5.48. The van der Waals surface area contributed by atoms with Crippen molar-refractivity contribution in [2.24, 2.45) is 0 Å². The van der Waals surface area contributed by atoms with Crippen LogP contribution in [-0.4, -0.2) is 52.1 Å². The molecular weight excluding hydrogens is 494 g/mol. The Morgan fingerprint density at radius 3 is 2.74 bits per heavy atom. The highest BCUT2D eigenvalue weighted by molar-refractivity contribution is 6.30. The van der Waals surface area contributed by atoms with Gasteiger partial charge in [0.1, 0.15) is 12.4 Å². The van der Waals surface area contributed by atoms with Gasteiger partial charge in [0.25, 0.3) is 0 Å². The average Bonchev–Trinajstić information content (AvgIpc) is 3.32. The Labute approximate surface area is 231 Å². The number of ether oxygens (including phenoxy) is 1. The number of rotatable bonds is 8. The lowest BCUT2D eigenvalue weighted by atomic mass is 9.90. The fourth-order valence-corrected chi connectivity index (χ4v) is 5.71. The largest absolute Gasteiger partial charge is 0.487 e. The van der Waals surface area contributed by atoms with Crippen LogP contribution in [0.25, 0.3) is 5.57 Å². The van der Waals surface area contributed by atoms with Crippen LogP contribution in [0, 0.1) is 0 Å². The molecule has 0 amide bonds. The summed E-state index contributed by atoms with van der Waals surface area (Å²) in [6.45, 7) is 11.5. The fourth-order valence-electron chi connectivity index (χ4n) is 5.58. The topological polar surface area (TPSA) is 48.8 Å². The number of nitrogens with zero attached hydrogens (tertiary/aromatic N) is 3. The summed E-state index contributed by atoms with van der Waals surface area (Å²) in [6, 6.07) is 18.9. The van der Waals surface area contributed by atoms with Gasteiger partial charge in [-0.25, -0.2) is 0 Å². The first-order valence-electron chi connectivity index (χ1n) is 13.7. The Morgan fingerprint density at radius 1 is 1.16 bits per heavy atom. The maximum absolute atomic E-state index is 10.7. The van der Waals surface area contributed by atoms with Crippen LogP contribution < -0.4 is 4.74 Å². The number of aliphatic hydroxyl groups is 1. The van der Waals surface area contributed by atoms with Crippen molar-refractivity contribution in [1.82, 2.24) is 14.8 Å². The summed E-state index contributed by atoms with van der Waals surface area (Å²) in [6.07, 6.45) is 6.29. The molecule has 0 aliphatic carbocycles. The Bertz CT molecular complexity index is 1280. The zero-order chi connectivity index (χ0) is 26.7. The minimum atomic E-state index is -0.925. The van der Waals surface area contributed by atoms with Crippen molar-refractivity contribution in [3.63, 3.8) is 0 Å². The van der Waals surface area contributed by atoms with Crippen LogP contribution in [-0.2, 0) is 18.8 Å². The second-order valence-electron chi connectivity index (χ2n) is 10.9. The molecule has 0 spiro atoms. The van der Waals surface area contributed by atoms with E-state index in [9.17, 15) is 5.11 Å². The number of benzene rings is 2. The van der Waals surface area contributed by atoms with Crippen molar-refractivity contribution in [2.75, 3.05) is 26.2 Å². The van der Waals surface area contributed by atoms with Crippen LogP contribution in [0.1, 0.15) is 61.6 Å². The van der Waals surface area contributed by atoms with Crippen molar-refractivity contribution >= 4 is 17.2 Å². The van der Waals surface area contributed by atoms with Gasteiger partial charge in [0.2, 0.25) is 0 Å². The summed E-state index contributed by atoms with van der Waals surface area (Å²) in [5, 5.41) is 11.5. The molecule has 0 bridgehead atoms. The number of hydrogen-bond acceptors (Lipinski definition) is 5. The molecule has 0 unspecified atom stereocenters. The second kappa shape index (κ2) is 11.6. The highest BCUT2D eigenvalue weighted by Crippen LogP contribution is 2.38. The van der Waals surface area contributed by atoms with Crippen LogP contribution in [0.4, 0.5) is 0 Å². The molecule has 2 aliphatic rings. The van der Waals surface area contributed by atoms with Gasteiger partial charge in [-0.2, -0.15) is 0 Å². The summed E-state index contributed by atoms with van der Waals surface area (Å²) in [7, 11) is 0. The molecule has 1 N–H and O–H groups in total. The zero-order valence-corrected chi connectivity index (χ0v) is 23.4. The lowest BCUT2D eigenvalue weighted by Gasteiger charge is -2.28. The van der Waals surface area contributed by atoms with E-state index >= 15 is 0 Å². The van der Waals surface area contributed by atoms with Gasteiger partial charge >= 0.3 is 0 Å². The van der Waals surface area contributed by atoms with E-state index in [-0.39, 0.29) is 0 Å². The minimum absolute atomic E-state index is 0.441. The van der Waals surface area contributed by atoms with Crippen LogP contribution >= 0.6 is 11.6 Å². The van der Waals surface area contributed by atoms with Crippen LogP contribution in [0.3, 0.4) is 0 Å². The molecule has 1 fully saturated rings. The predicted molar refractivity (Wildman–Crippen MR) is 154 cm³/mol. The molecule has 0 saturated carbocycles. The lowest BCUT2D eigenvalue weighted by Crippen LogP contribution is -2.37. The number of likely N-dealkylation sites (N-methyl/N-ethyl adjacent to an activating group) is 1. The van der Waals surface area contributed by atoms with Crippen LogP contribution in [0.5, 0.6) is 5.75 Å². The Kier molecular flexibility index (Phi) is 8.20. The van der Waals surface area contributed by atoms with Gasteiger partial charge in [-0.1, -0.05) is 48.9 Å². The van der Waals surface area contributed by atoms with E-state index in [4.69, 9.17) is 16.3 Å². The third-order valence-electron chi connectivity index (χ3n) is 7.78. The summed E-state index contributed by atoms with van der Waals surface area (Å²) in [4.78, 5) is 9.77. The molecule has 1 atom stereocenters. The van der Waals surface area contributed by atoms with Gasteiger partial charge < -0.3 is 14.7 Å². The monoisotopic (exact) mass is 531 g/mol. The quantitative estimate of drug-likeness (QED) is 0.371. The molecule has 2 aliphatic heterocycles. The van der Waals surface area contributed by atoms with E-state index in [0.717, 1.165) is 77.9 Å². The molecule has 200 valence electrons. The van der Waals surface area contributed by atoms with Gasteiger partial charge in [-0.15, -0.1) is 0 Å². The van der Waals surface area contributed by atoms with Gasteiger partial charge in [-0.3, -0.25) is 9.88 Å². The molecule has 5 nitrogen and oxygen atoms in total. The Morgan fingerprint density at radius 2 is 1.97 bits per heavy atom. The molecule has 2 aromatic carbocycles. The predicted octanol–water partition coefficient (Wildman–Crippen LogP) is 6.27. The first kappa shape index (κ1) is 26.9. The smallest absolute Gasteiger partial charge is 0.131 e. The number of halogens is 1. The maximum atomic E-state index is 10.7. The molecule has 38 heavy (non-hydrogen) atoms. The average molecular weight is 532 g/mol. The highest BCUT2D eigenvalue weighted by Gasteiger charge is 2.27. The standard InChI is InChI=1S/C32H38ClN3O2/c1-4-36(20-23-9-12-25(33)13-10-23)26-15-18-35(21-26)17-6-8-27-28-7-5-16-34-30(28)22-38-31-14-11-24(19-29(27)31)32(2,3)37/h5,7-14,16,19,26,37H,4,6,15,17-18,20-22H2,1-3H3/b27-8+/t26-/m1/s1. The van der Waals surface area contributed by atoms with Crippen molar-refractivity contribution < 1.29 is 9.84 Å². The Hall–Kier alpha value is -2.70. The van der Waals surface area contributed by atoms with Crippen molar-refractivity contribution in [3.8, 4) is 5.75 Å². The molecule has 3 heterocycles. The van der Waals surface area contributed by atoms with Crippen molar-refractivity contribution in [1.29, 1.82) is 0 Å². The maximum Gasteiger partial charge on any atom is 0.131 e. The third kappa shape index (κ3) is 6.13. The molecule has 1 aromatic heterocycles. The molecular formula is C32H38ClN3O2. The molecule has 6 heteroatoms. The van der Waals surface area contributed by atoms with E-state index in [1.807, 2.05) is 50.4 Å². The van der Waals surface area contributed by atoms with Gasteiger partial charge in [-0.05, 0) is 86.8 Å². The van der Waals surface area contributed by atoms with E-state index in [1.54, 1.807) is 0 Å². The first-order valence-corrected chi connectivity index (χ1v) is 14.0. The van der Waals surface area contributed by atoms with Crippen LogP contribution in [0.2, 0.25) is 5.02 Å². The third-order valence-corrected chi connectivity index (χ3v) is 8.04. The van der Waals surface area contributed by atoms with E-state index in [1.165, 1.54) is 12.0 Å². The highest BCUT2D eigenvalue weighted by atomic mass is 35.5. The number of hydrogen-bond donors (Lipinski definition) is 1. The van der Waals surface area contributed by atoms with Crippen molar-refractivity contribution in [3.05, 3.63) is 99.8 Å². The molecule has 5 rings (SSSR count). The van der Waals surface area contributed by atoms with E-state index in [2.05, 4.69) is 52.0 Å². The van der Waals surface area contributed by atoms with Gasteiger partial charge in [0.05, 0.1) is 11.3 Å². The number of aromatic nitrogens is 1. The van der Waals surface area contributed by atoms with Gasteiger partial charge in [0, 0.05) is 48.0 Å². The molecule has 3 aromatic rings. The Balaban J connectivity index is 1.31. The number of likely N-dealkylation sites (tertiary alicyclic amines) is 1. The van der Waals surface area contributed by atoms with Crippen LogP contribution in [0.15, 0.2) is 66.9 Å². The molecule has 1 saturated heterocycles. The fraction of sp³-hybridized carbons (Fsp3) is 0.406. The number of pyridine rings is 1. The summed E-state index contributed by atoms with van der Waals surface area (Å²) < 4.78 is 6.15.